The number of rotatable bonds is 3. The maximum Gasteiger partial charge on any atom is 0.282 e. The van der Waals surface area contributed by atoms with Crippen molar-refractivity contribution in [2.45, 2.75) is 51.9 Å². The smallest absolute Gasteiger partial charge is 0.282 e. The average Bonchev–Trinajstić information content (AvgIpc) is 3.00. The molecular weight excluding hydrogens is 324 g/mol. The molecular formula is C19H23F2N3O. The third kappa shape index (κ3) is 2.94. The monoisotopic (exact) mass is 347 g/mol. The van der Waals surface area contributed by atoms with Crippen molar-refractivity contribution in [1.82, 2.24) is 9.78 Å². The van der Waals surface area contributed by atoms with Gasteiger partial charge in [-0.05, 0) is 47.4 Å². The Morgan fingerprint density at radius 2 is 2.08 bits per heavy atom. The molecule has 1 amide bonds. The molecule has 3 rings (SSSR count). The van der Waals surface area contributed by atoms with Gasteiger partial charge in [0.05, 0.1) is 5.56 Å². The van der Waals surface area contributed by atoms with E-state index in [2.05, 4.69) is 38.1 Å². The van der Waals surface area contributed by atoms with Crippen molar-refractivity contribution in [3.8, 4) is 0 Å². The summed E-state index contributed by atoms with van der Waals surface area (Å²) in [5.74, 6) is -0.255. The number of carbonyl (C=O) groups excluding carboxylic acids is 1. The molecule has 1 aromatic heterocycles. The summed E-state index contributed by atoms with van der Waals surface area (Å²) in [6, 6.07) is 3.84. The zero-order valence-corrected chi connectivity index (χ0v) is 15.2. The van der Waals surface area contributed by atoms with Crippen molar-refractivity contribution in [2.75, 3.05) is 5.32 Å². The van der Waals surface area contributed by atoms with Gasteiger partial charge in [0.2, 0.25) is 0 Å². The van der Waals surface area contributed by atoms with Gasteiger partial charge in [0, 0.05) is 18.9 Å². The minimum atomic E-state index is -2.79. The summed E-state index contributed by atoms with van der Waals surface area (Å²) in [4.78, 5) is 12.6. The third-order valence-corrected chi connectivity index (χ3v) is 5.00. The summed E-state index contributed by atoms with van der Waals surface area (Å²) in [5, 5.41) is 6.54. The summed E-state index contributed by atoms with van der Waals surface area (Å²) in [6.07, 6.45) is -0.465. The van der Waals surface area contributed by atoms with E-state index >= 15 is 0 Å². The highest BCUT2D eigenvalue weighted by Gasteiger charge is 2.38. The average molecular weight is 347 g/mol. The molecule has 1 N–H and O–H groups in total. The van der Waals surface area contributed by atoms with Crippen molar-refractivity contribution >= 4 is 11.6 Å². The fourth-order valence-electron chi connectivity index (χ4n) is 4.25. The molecule has 0 aliphatic heterocycles. The first-order valence-electron chi connectivity index (χ1n) is 8.39. The molecule has 134 valence electrons. The van der Waals surface area contributed by atoms with Crippen molar-refractivity contribution in [1.29, 1.82) is 0 Å². The minimum absolute atomic E-state index is 0.0298. The van der Waals surface area contributed by atoms with Gasteiger partial charge >= 0.3 is 0 Å². The van der Waals surface area contributed by atoms with Crippen LogP contribution in [0.1, 0.15) is 72.3 Å². The Hall–Kier alpha value is -2.24. The number of aromatic nitrogens is 2. The lowest BCUT2D eigenvalue weighted by atomic mass is 9.83. The SMILES string of the molecule is Cc1ccc(NC(=O)c2cn(C)nc2C(F)F)c2c1C(C)(C)CC2C. The van der Waals surface area contributed by atoms with Crippen LogP contribution in [0, 0.1) is 6.92 Å². The topological polar surface area (TPSA) is 46.9 Å². The first-order chi connectivity index (χ1) is 11.6. The molecule has 1 aromatic carbocycles. The third-order valence-electron chi connectivity index (χ3n) is 5.00. The number of alkyl halides is 2. The maximum absolute atomic E-state index is 13.1. The van der Waals surface area contributed by atoms with E-state index in [1.807, 2.05) is 12.1 Å². The Labute approximate surface area is 146 Å². The molecule has 1 aliphatic carbocycles. The number of nitrogens with zero attached hydrogens (tertiary/aromatic N) is 2. The zero-order chi connectivity index (χ0) is 18.5. The fraction of sp³-hybridized carbons (Fsp3) is 0.474. The Bertz CT molecular complexity index is 839. The van der Waals surface area contributed by atoms with E-state index in [1.54, 1.807) is 0 Å². The van der Waals surface area contributed by atoms with E-state index < -0.39 is 18.0 Å². The van der Waals surface area contributed by atoms with Gasteiger partial charge in [-0.1, -0.05) is 26.8 Å². The lowest BCUT2D eigenvalue weighted by Crippen LogP contribution is -2.17. The molecule has 0 saturated carbocycles. The minimum Gasteiger partial charge on any atom is -0.322 e. The van der Waals surface area contributed by atoms with Crippen LogP contribution in [-0.4, -0.2) is 15.7 Å². The molecule has 0 spiro atoms. The highest BCUT2D eigenvalue weighted by molar-refractivity contribution is 6.05. The number of amides is 1. The van der Waals surface area contributed by atoms with Crippen LogP contribution in [0.15, 0.2) is 18.3 Å². The molecule has 6 heteroatoms. The number of nitrogens with one attached hydrogen (secondary N) is 1. The predicted molar refractivity (Wildman–Crippen MR) is 93.4 cm³/mol. The van der Waals surface area contributed by atoms with E-state index in [1.165, 1.54) is 29.1 Å². The van der Waals surface area contributed by atoms with Gasteiger partial charge in [-0.25, -0.2) is 8.78 Å². The number of benzene rings is 1. The van der Waals surface area contributed by atoms with Crippen molar-refractivity contribution in [2.24, 2.45) is 7.05 Å². The number of anilines is 1. The van der Waals surface area contributed by atoms with Crippen LogP contribution in [-0.2, 0) is 12.5 Å². The lowest BCUT2D eigenvalue weighted by Gasteiger charge is -2.22. The van der Waals surface area contributed by atoms with Crippen molar-refractivity contribution in [3.63, 3.8) is 0 Å². The summed E-state index contributed by atoms with van der Waals surface area (Å²) in [6.45, 7) is 8.60. The van der Waals surface area contributed by atoms with Crippen LogP contribution in [0.4, 0.5) is 14.5 Å². The van der Waals surface area contributed by atoms with Crippen LogP contribution in [0.2, 0.25) is 0 Å². The Morgan fingerprint density at radius 1 is 1.40 bits per heavy atom. The summed E-state index contributed by atoms with van der Waals surface area (Å²) < 4.78 is 27.5. The second-order valence-corrected chi connectivity index (χ2v) is 7.56. The number of aryl methyl sites for hydroxylation is 2. The van der Waals surface area contributed by atoms with Gasteiger partial charge in [-0.3, -0.25) is 9.48 Å². The molecule has 0 bridgehead atoms. The molecule has 4 nitrogen and oxygen atoms in total. The molecule has 1 heterocycles. The molecule has 0 saturated heterocycles. The normalized spacial score (nSPS) is 18.5. The highest BCUT2D eigenvalue weighted by Crippen LogP contribution is 2.50. The van der Waals surface area contributed by atoms with Crippen LogP contribution < -0.4 is 5.32 Å². The number of halogens is 2. The Balaban J connectivity index is 2.01. The molecule has 0 fully saturated rings. The summed E-state index contributed by atoms with van der Waals surface area (Å²) in [7, 11) is 1.52. The molecule has 1 aliphatic rings. The second-order valence-electron chi connectivity index (χ2n) is 7.56. The van der Waals surface area contributed by atoms with Crippen molar-refractivity contribution in [3.05, 3.63) is 46.3 Å². The maximum atomic E-state index is 13.1. The first-order valence-corrected chi connectivity index (χ1v) is 8.39. The van der Waals surface area contributed by atoms with Crippen LogP contribution in [0.3, 0.4) is 0 Å². The predicted octanol–water partition coefficient (Wildman–Crippen LogP) is 4.70. The van der Waals surface area contributed by atoms with Gasteiger partial charge in [0.15, 0.2) is 0 Å². The van der Waals surface area contributed by atoms with E-state index in [9.17, 15) is 13.6 Å². The second kappa shape index (κ2) is 5.93. The fourth-order valence-corrected chi connectivity index (χ4v) is 4.25. The van der Waals surface area contributed by atoms with Gasteiger partial charge in [0.25, 0.3) is 12.3 Å². The van der Waals surface area contributed by atoms with Crippen LogP contribution in [0.25, 0.3) is 0 Å². The molecule has 25 heavy (non-hydrogen) atoms. The van der Waals surface area contributed by atoms with E-state index in [-0.39, 0.29) is 11.0 Å². The highest BCUT2D eigenvalue weighted by atomic mass is 19.3. The summed E-state index contributed by atoms with van der Waals surface area (Å²) >= 11 is 0. The zero-order valence-electron chi connectivity index (χ0n) is 15.2. The van der Waals surface area contributed by atoms with Crippen LogP contribution >= 0.6 is 0 Å². The van der Waals surface area contributed by atoms with E-state index in [4.69, 9.17) is 0 Å². The van der Waals surface area contributed by atoms with Gasteiger partial charge in [0.1, 0.15) is 5.69 Å². The number of carbonyl (C=O) groups is 1. The summed E-state index contributed by atoms with van der Waals surface area (Å²) in [5.41, 5.74) is 3.71. The Kier molecular flexibility index (Phi) is 4.17. The van der Waals surface area contributed by atoms with Gasteiger partial charge in [-0.15, -0.1) is 0 Å². The molecule has 2 aromatic rings. The first kappa shape index (κ1) is 17.6. The standard InChI is InChI=1S/C19H23F2N3O/c1-10-6-7-13(14-11(2)8-19(3,4)15(10)14)22-18(25)12-9-24(5)23-16(12)17(20)21/h6-7,9,11,17H,8H2,1-5H3,(H,22,25). The van der Waals surface area contributed by atoms with Gasteiger partial charge in [-0.2, -0.15) is 5.10 Å². The Morgan fingerprint density at radius 3 is 2.72 bits per heavy atom. The largest absolute Gasteiger partial charge is 0.322 e. The van der Waals surface area contributed by atoms with E-state index in [0.29, 0.717) is 11.6 Å². The number of hydrogen-bond donors (Lipinski definition) is 1. The number of fused-ring (bicyclic) bond motifs is 1. The van der Waals surface area contributed by atoms with Gasteiger partial charge < -0.3 is 5.32 Å². The number of hydrogen-bond acceptors (Lipinski definition) is 2. The van der Waals surface area contributed by atoms with Crippen LogP contribution in [0.5, 0.6) is 0 Å². The van der Waals surface area contributed by atoms with Crippen molar-refractivity contribution < 1.29 is 13.6 Å². The lowest BCUT2D eigenvalue weighted by molar-refractivity contribution is 0.101. The molecule has 1 unspecified atom stereocenters. The van der Waals surface area contributed by atoms with E-state index in [0.717, 1.165) is 12.0 Å². The molecule has 0 radical (unpaired) electrons. The molecule has 1 atom stereocenters. The quantitative estimate of drug-likeness (QED) is 0.874.